The van der Waals surface area contributed by atoms with Crippen LogP contribution >= 0.6 is 0 Å². The molecule has 0 saturated carbocycles. The van der Waals surface area contributed by atoms with E-state index in [1.165, 1.54) is 34.6 Å². The predicted octanol–water partition coefficient (Wildman–Crippen LogP) is 2.18. The summed E-state index contributed by atoms with van der Waals surface area (Å²) in [4.78, 5) is 11.4. The van der Waals surface area contributed by atoms with Gasteiger partial charge in [-0.3, -0.25) is 0 Å². The molecular formula is C17H17N5. The van der Waals surface area contributed by atoms with Crippen LogP contribution in [-0.4, -0.2) is 26.1 Å². The van der Waals surface area contributed by atoms with Crippen molar-refractivity contribution in [3.63, 3.8) is 0 Å². The normalized spacial score (nSPS) is 16.8. The molecule has 0 N–H and O–H groups in total. The molecule has 3 aromatic rings. The van der Waals surface area contributed by atoms with Crippen LogP contribution in [0.4, 0.5) is 5.82 Å². The van der Waals surface area contributed by atoms with Gasteiger partial charge in [0.15, 0.2) is 0 Å². The summed E-state index contributed by atoms with van der Waals surface area (Å²) in [6, 6.07) is 8.74. The lowest BCUT2D eigenvalue weighted by atomic mass is 9.99. The molecule has 5 nitrogen and oxygen atoms in total. The molecule has 0 atom stereocenters. The van der Waals surface area contributed by atoms with Gasteiger partial charge >= 0.3 is 0 Å². The Labute approximate surface area is 128 Å². The van der Waals surface area contributed by atoms with Crippen LogP contribution in [0.15, 0.2) is 30.6 Å². The number of hydrogen-bond acceptors (Lipinski definition) is 4. The average Bonchev–Trinajstić information content (AvgIpc) is 3.20. The molecule has 0 radical (unpaired) electrons. The molecule has 1 aliphatic heterocycles. The summed E-state index contributed by atoms with van der Waals surface area (Å²) in [6.07, 6.45) is 6.05. The number of nitrogens with zero attached hydrogens (tertiary/aromatic N) is 5. The van der Waals surface area contributed by atoms with Crippen LogP contribution in [0, 0.1) is 0 Å². The van der Waals surface area contributed by atoms with Gasteiger partial charge in [-0.25, -0.2) is 4.98 Å². The molecule has 0 amide bonds. The van der Waals surface area contributed by atoms with Crippen molar-refractivity contribution in [1.82, 2.24) is 19.6 Å². The summed E-state index contributed by atoms with van der Waals surface area (Å²) in [5.74, 6) is 1.94. The van der Waals surface area contributed by atoms with E-state index in [1.54, 1.807) is 6.33 Å². The maximum Gasteiger partial charge on any atom is 0.254 e. The molecule has 22 heavy (non-hydrogen) atoms. The number of aryl methyl sites for hydroxylation is 1. The number of anilines is 1. The van der Waals surface area contributed by atoms with Crippen molar-refractivity contribution in [2.24, 2.45) is 0 Å². The van der Waals surface area contributed by atoms with Gasteiger partial charge in [0.2, 0.25) is 0 Å². The van der Waals surface area contributed by atoms with Crippen molar-refractivity contribution >= 4 is 11.6 Å². The number of aromatic nitrogens is 4. The Morgan fingerprint density at radius 3 is 2.86 bits per heavy atom. The zero-order valence-electron chi connectivity index (χ0n) is 12.4. The molecule has 0 fully saturated rings. The molecule has 0 bridgehead atoms. The molecule has 0 spiro atoms. The molecule has 2 aromatic heterocycles. The highest BCUT2D eigenvalue weighted by Gasteiger charge is 2.26. The minimum Gasteiger partial charge on any atom is -0.351 e. The molecule has 3 heterocycles. The van der Waals surface area contributed by atoms with Crippen molar-refractivity contribution in [2.45, 2.75) is 32.2 Å². The largest absolute Gasteiger partial charge is 0.351 e. The van der Waals surface area contributed by atoms with Crippen molar-refractivity contribution < 1.29 is 0 Å². The molecule has 110 valence electrons. The number of hydrogen-bond donors (Lipinski definition) is 0. The third-order valence-electron chi connectivity index (χ3n) is 4.85. The van der Waals surface area contributed by atoms with Gasteiger partial charge in [-0.1, -0.05) is 24.3 Å². The minimum atomic E-state index is 0.731. The Kier molecular flexibility index (Phi) is 2.50. The SMILES string of the molecule is c1ccc2c(c1)CCN(c1c3c(nc4ncnn14)CCC3)C2. The first kappa shape index (κ1) is 12.1. The lowest BCUT2D eigenvalue weighted by Crippen LogP contribution is -2.33. The third-order valence-corrected chi connectivity index (χ3v) is 4.85. The monoisotopic (exact) mass is 291 g/mol. The molecule has 1 aromatic carbocycles. The van der Waals surface area contributed by atoms with Crippen LogP contribution in [0.2, 0.25) is 0 Å². The standard InChI is InChI=1S/C17H17N5/c1-2-5-13-10-21(9-8-12(13)4-1)16-14-6-3-7-15(14)20-17-18-11-19-22(16)17/h1-2,4-5,11H,3,6-10H2. The fourth-order valence-corrected chi connectivity index (χ4v) is 3.80. The van der Waals surface area contributed by atoms with Gasteiger partial charge < -0.3 is 4.90 Å². The molecular weight excluding hydrogens is 274 g/mol. The van der Waals surface area contributed by atoms with Crippen LogP contribution in [-0.2, 0) is 25.8 Å². The molecule has 5 heteroatoms. The molecule has 0 saturated heterocycles. The van der Waals surface area contributed by atoms with Gasteiger partial charge in [-0.05, 0) is 36.8 Å². The second kappa shape index (κ2) is 4.53. The highest BCUT2D eigenvalue weighted by Crippen LogP contribution is 2.33. The van der Waals surface area contributed by atoms with E-state index in [0.717, 1.165) is 38.1 Å². The Morgan fingerprint density at radius 1 is 1.00 bits per heavy atom. The molecule has 2 aliphatic rings. The van der Waals surface area contributed by atoms with Crippen LogP contribution in [0.25, 0.3) is 5.78 Å². The lowest BCUT2D eigenvalue weighted by molar-refractivity contribution is 0.696. The fourth-order valence-electron chi connectivity index (χ4n) is 3.80. The summed E-state index contributed by atoms with van der Waals surface area (Å²) in [5.41, 5.74) is 5.48. The second-order valence-electron chi connectivity index (χ2n) is 6.13. The predicted molar refractivity (Wildman–Crippen MR) is 84.0 cm³/mol. The van der Waals surface area contributed by atoms with Crippen molar-refractivity contribution in [1.29, 1.82) is 0 Å². The van der Waals surface area contributed by atoms with Crippen LogP contribution < -0.4 is 4.90 Å². The maximum atomic E-state index is 4.68. The van der Waals surface area contributed by atoms with E-state index in [0.29, 0.717) is 0 Å². The van der Waals surface area contributed by atoms with Gasteiger partial charge in [-0.15, -0.1) is 0 Å². The van der Waals surface area contributed by atoms with E-state index in [2.05, 4.69) is 44.2 Å². The molecule has 5 rings (SSSR count). The number of rotatable bonds is 1. The highest BCUT2D eigenvalue weighted by molar-refractivity contribution is 5.57. The second-order valence-corrected chi connectivity index (χ2v) is 6.13. The minimum absolute atomic E-state index is 0.731. The summed E-state index contributed by atoms with van der Waals surface area (Å²) in [7, 11) is 0. The van der Waals surface area contributed by atoms with E-state index in [-0.39, 0.29) is 0 Å². The smallest absolute Gasteiger partial charge is 0.254 e. The fraction of sp³-hybridized carbons (Fsp3) is 0.353. The Balaban J connectivity index is 1.67. The zero-order valence-corrected chi connectivity index (χ0v) is 12.4. The lowest BCUT2D eigenvalue weighted by Gasteiger charge is -2.32. The summed E-state index contributed by atoms with van der Waals surface area (Å²) >= 11 is 0. The van der Waals surface area contributed by atoms with Gasteiger partial charge in [0.1, 0.15) is 12.1 Å². The van der Waals surface area contributed by atoms with E-state index >= 15 is 0 Å². The van der Waals surface area contributed by atoms with E-state index in [9.17, 15) is 0 Å². The first-order chi connectivity index (χ1) is 10.9. The van der Waals surface area contributed by atoms with Gasteiger partial charge in [0, 0.05) is 18.7 Å². The highest BCUT2D eigenvalue weighted by atomic mass is 15.4. The van der Waals surface area contributed by atoms with E-state index in [1.807, 2.05) is 4.52 Å². The number of fused-ring (bicyclic) bond motifs is 3. The third kappa shape index (κ3) is 1.68. The summed E-state index contributed by atoms with van der Waals surface area (Å²) in [6.45, 7) is 1.98. The van der Waals surface area contributed by atoms with Crippen molar-refractivity contribution in [3.05, 3.63) is 53.0 Å². The van der Waals surface area contributed by atoms with Gasteiger partial charge in [0.25, 0.3) is 5.78 Å². The first-order valence-corrected chi connectivity index (χ1v) is 7.93. The van der Waals surface area contributed by atoms with Crippen LogP contribution in [0.1, 0.15) is 28.8 Å². The van der Waals surface area contributed by atoms with Gasteiger partial charge in [0.05, 0.1) is 5.69 Å². The number of benzene rings is 1. The molecule has 1 aliphatic carbocycles. The van der Waals surface area contributed by atoms with E-state index in [4.69, 9.17) is 0 Å². The van der Waals surface area contributed by atoms with Crippen molar-refractivity contribution in [3.8, 4) is 0 Å². The zero-order chi connectivity index (χ0) is 14.5. The molecule has 0 unspecified atom stereocenters. The van der Waals surface area contributed by atoms with Gasteiger partial charge in [-0.2, -0.15) is 14.6 Å². The topological polar surface area (TPSA) is 46.3 Å². The van der Waals surface area contributed by atoms with Crippen LogP contribution in [0.3, 0.4) is 0 Å². The Bertz CT molecular complexity index is 867. The average molecular weight is 291 g/mol. The Morgan fingerprint density at radius 2 is 1.91 bits per heavy atom. The maximum absolute atomic E-state index is 4.68. The van der Waals surface area contributed by atoms with Crippen LogP contribution in [0.5, 0.6) is 0 Å². The van der Waals surface area contributed by atoms with E-state index < -0.39 is 0 Å². The first-order valence-electron chi connectivity index (χ1n) is 7.93. The van der Waals surface area contributed by atoms with Crippen molar-refractivity contribution in [2.75, 3.05) is 11.4 Å². The quantitative estimate of drug-likeness (QED) is 0.689. The Hall–Kier alpha value is -2.43. The summed E-state index contributed by atoms with van der Waals surface area (Å²) in [5, 5.41) is 4.43. The summed E-state index contributed by atoms with van der Waals surface area (Å²) < 4.78 is 1.93.